The highest BCUT2D eigenvalue weighted by Crippen LogP contribution is 2.30. The van der Waals surface area contributed by atoms with E-state index in [0.717, 1.165) is 24.1 Å². The molecular weight excluding hydrogens is 258 g/mol. The van der Waals surface area contributed by atoms with E-state index in [4.69, 9.17) is 0 Å². The molecule has 0 saturated carbocycles. The summed E-state index contributed by atoms with van der Waals surface area (Å²) in [6.45, 7) is 4.78. The van der Waals surface area contributed by atoms with E-state index in [9.17, 15) is 5.11 Å². The topological polar surface area (TPSA) is 23.5 Å². The highest BCUT2D eigenvalue weighted by Gasteiger charge is 2.17. The monoisotopic (exact) mass is 281 g/mol. The molecule has 0 aliphatic heterocycles. The summed E-state index contributed by atoms with van der Waals surface area (Å²) in [6.07, 6.45) is 2.70. The Morgan fingerprint density at radius 3 is 2.43 bits per heavy atom. The lowest BCUT2D eigenvalue weighted by atomic mass is 9.88. The van der Waals surface area contributed by atoms with Crippen molar-refractivity contribution in [2.24, 2.45) is 0 Å². The van der Waals surface area contributed by atoms with Gasteiger partial charge >= 0.3 is 0 Å². The van der Waals surface area contributed by atoms with E-state index in [1.807, 2.05) is 12.1 Å². The molecule has 2 heteroatoms. The van der Waals surface area contributed by atoms with Crippen LogP contribution in [-0.4, -0.2) is 30.6 Å². The third kappa shape index (κ3) is 3.96. The van der Waals surface area contributed by atoms with Crippen LogP contribution in [-0.2, 0) is 6.42 Å². The van der Waals surface area contributed by atoms with Crippen LogP contribution in [0.4, 0.5) is 0 Å². The van der Waals surface area contributed by atoms with Crippen molar-refractivity contribution < 1.29 is 5.11 Å². The number of nitrogens with zero attached hydrogens (tertiary/aromatic N) is 1. The Labute approximate surface area is 127 Å². The SMILES string of the molecule is C=Cc1c(O)cccc1C(Cc1ccccc1)CN(C)C. The Bertz CT molecular complexity index is 590. The number of phenols is 1. The van der Waals surface area contributed by atoms with Gasteiger partial charge in [-0.3, -0.25) is 0 Å². The van der Waals surface area contributed by atoms with Gasteiger partial charge in [0.2, 0.25) is 0 Å². The van der Waals surface area contributed by atoms with Crippen LogP contribution in [0, 0.1) is 0 Å². The van der Waals surface area contributed by atoms with E-state index in [2.05, 4.69) is 55.9 Å². The molecule has 1 unspecified atom stereocenters. The second-order valence-corrected chi connectivity index (χ2v) is 5.63. The smallest absolute Gasteiger partial charge is 0.123 e. The summed E-state index contributed by atoms with van der Waals surface area (Å²) in [5.41, 5.74) is 3.31. The molecule has 2 aromatic carbocycles. The summed E-state index contributed by atoms with van der Waals surface area (Å²) >= 11 is 0. The normalized spacial score (nSPS) is 12.3. The van der Waals surface area contributed by atoms with Crippen molar-refractivity contribution in [3.05, 3.63) is 71.8 Å². The maximum Gasteiger partial charge on any atom is 0.123 e. The molecule has 0 radical (unpaired) electrons. The molecule has 0 saturated heterocycles. The third-order valence-electron chi connectivity index (χ3n) is 3.67. The van der Waals surface area contributed by atoms with Crippen LogP contribution in [0.15, 0.2) is 55.1 Å². The zero-order valence-electron chi connectivity index (χ0n) is 12.8. The quantitative estimate of drug-likeness (QED) is 0.867. The molecule has 0 aliphatic carbocycles. The molecule has 0 aliphatic rings. The van der Waals surface area contributed by atoms with Gasteiger partial charge in [-0.15, -0.1) is 0 Å². The van der Waals surface area contributed by atoms with E-state index in [1.165, 1.54) is 5.56 Å². The second-order valence-electron chi connectivity index (χ2n) is 5.63. The van der Waals surface area contributed by atoms with Crippen molar-refractivity contribution in [2.45, 2.75) is 12.3 Å². The standard InChI is InChI=1S/C19H23NO/c1-4-17-18(11-8-12-19(17)21)16(14-20(2)3)13-15-9-6-5-7-10-15/h4-12,16,21H,1,13-14H2,2-3H3. The van der Waals surface area contributed by atoms with Crippen LogP contribution < -0.4 is 0 Å². The van der Waals surface area contributed by atoms with Crippen LogP contribution in [0.5, 0.6) is 5.75 Å². The molecule has 0 amide bonds. The fourth-order valence-electron chi connectivity index (χ4n) is 2.76. The van der Waals surface area contributed by atoms with E-state index >= 15 is 0 Å². The van der Waals surface area contributed by atoms with E-state index in [-0.39, 0.29) is 0 Å². The van der Waals surface area contributed by atoms with Crippen molar-refractivity contribution >= 4 is 6.08 Å². The Morgan fingerprint density at radius 2 is 1.81 bits per heavy atom. The van der Waals surface area contributed by atoms with Gasteiger partial charge in [0.1, 0.15) is 5.75 Å². The van der Waals surface area contributed by atoms with E-state index < -0.39 is 0 Å². The zero-order chi connectivity index (χ0) is 15.2. The van der Waals surface area contributed by atoms with Crippen molar-refractivity contribution in [1.29, 1.82) is 0 Å². The Hall–Kier alpha value is -2.06. The van der Waals surface area contributed by atoms with Crippen LogP contribution >= 0.6 is 0 Å². The number of rotatable bonds is 6. The first-order valence-electron chi connectivity index (χ1n) is 7.24. The molecule has 0 aromatic heterocycles. The zero-order valence-corrected chi connectivity index (χ0v) is 12.8. The molecule has 1 N–H and O–H groups in total. The summed E-state index contributed by atoms with van der Waals surface area (Å²) in [4.78, 5) is 2.19. The molecule has 2 rings (SSSR count). The molecule has 2 aromatic rings. The molecule has 21 heavy (non-hydrogen) atoms. The summed E-state index contributed by atoms with van der Waals surface area (Å²) in [5, 5.41) is 10.1. The first-order chi connectivity index (χ1) is 10.1. The number of hydrogen-bond donors (Lipinski definition) is 1. The Morgan fingerprint density at radius 1 is 1.10 bits per heavy atom. The molecule has 1 atom stereocenters. The first kappa shape index (κ1) is 15.3. The first-order valence-corrected chi connectivity index (χ1v) is 7.24. The minimum absolute atomic E-state index is 0.305. The van der Waals surface area contributed by atoms with Crippen molar-refractivity contribution in [1.82, 2.24) is 4.90 Å². The highest BCUT2D eigenvalue weighted by atomic mass is 16.3. The lowest BCUT2D eigenvalue weighted by molar-refractivity contribution is 0.370. The fraction of sp³-hybridized carbons (Fsp3) is 0.263. The van der Waals surface area contributed by atoms with Gasteiger partial charge in [0.25, 0.3) is 0 Å². The van der Waals surface area contributed by atoms with Crippen LogP contribution in [0.3, 0.4) is 0 Å². The molecule has 110 valence electrons. The van der Waals surface area contributed by atoms with Crippen molar-refractivity contribution in [3.8, 4) is 5.75 Å². The van der Waals surface area contributed by atoms with Crippen molar-refractivity contribution in [3.63, 3.8) is 0 Å². The number of phenolic OH excluding ortho intramolecular Hbond substituents is 1. The molecule has 0 heterocycles. The van der Waals surface area contributed by atoms with E-state index in [1.54, 1.807) is 12.1 Å². The van der Waals surface area contributed by atoms with Gasteiger partial charge in [-0.05, 0) is 37.7 Å². The lowest BCUT2D eigenvalue weighted by Gasteiger charge is -2.23. The largest absolute Gasteiger partial charge is 0.507 e. The van der Waals surface area contributed by atoms with Crippen molar-refractivity contribution in [2.75, 3.05) is 20.6 Å². The fourth-order valence-corrected chi connectivity index (χ4v) is 2.76. The minimum atomic E-state index is 0.305. The number of aromatic hydroxyl groups is 1. The summed E-state index contributed by atoms with van der Waals surface area (Å²) < 4.78 is 0. The molecule has 0 spiro atoms. The minimum Gasteiger partial charge on any atom is -0.507 e. The number of hydrogen-bond acceptors (Lipinski definition) is 2. The highest BCUT2D eigenvalue weighted by molar-refractivity contribution is 5.60. The predicted octanol–water partition coefficient (Wildman–Crippen LogP) is 3.92. The maximum absolute atomic E-state index is 10.1. The number of likely N-dealkylation sites (N-methyl/N-ethyl adjacent to an activating group) is 1. The lowest BCUT2D eigenvalue weighted by Crippen LogP contribution is -2.22. The third-order valence-corrected chi connectivity index (χ3v) is 3.67. The average molecular weight is 281 g/mol. The number of benzene rings is 2. The summed E-state index contributed by atoms with van der Waals surface area (Å²) in [7, 11) is 4.16. The van der Waals surface area contributed by atoms with E-state index in [0.29, 0.717) is 11.7 Å². The summed E-state index contributed by atoms with van der Waals surface area (Å²) in [5.74, 6) is 0.627. The average Bonchev–Trinajstić information content (AvgIpc) is 2.47. The molecule has 2 nitrogen and oxygen atoms in total. The predicted molar refractivity (Wildman–Crippen MR) is 89.6 cm³/mol. The second kappa shape index (κ2) is 7.09. The van der Waals surface area contributed by atoms with Gasteiger partial charge in [0.15, 0.2) is 0 Å². The van der Waals surface area contributed by atoms with Gasteiger partial charge in [-0.2, -0.15) is 0 Å². The van der Waals surface area contributed by atoms with Gasteiger partial charge in [0.05, 0.1) is 0 Å². The maximum atomic E-state index is 10.1. The molecular formula is C19H23NO. The van der Waals surface area contributed by atoms with Gasteiger partial charge < -0.3 is 10.0 Å². The summed E-state index contributed by atoms with van der Waals surface area (Å²) in [6, 6.07) is 16.2. The molecule has 0 fully saturated rings. The van der Waals surface area contributed by atoms with Gasteiger partial charge in [0, 0.05) is 18.0 Å². The molecule has 0 bridgehead atoms. The Kier molecular flexibility index (Phi) is 5.18. The Balaban J connectivity index is 2.36. The van der Waals surface area contributed by atoms with Gasteiger partial charge in [-0.25, -0.2) is 0 Å². The van der Waals surface area contributed by atoms with Crippen LogP contribution in [0.2, 0.25) is 0 Å². The van der Waals surface area contributed by atoms with Crippen LogP contribution in [0.1, 0.15) is 22.6 Å². The van der Waals surface area contributed by atoms with Crippen LogP contribution in [0.25, 0.3) is 6.08 Å². The van der Waals surface area contributed by atoms with Gasteiger partial charge in [-0.1, -0.05) is 55.1 Å².